The minimum absolute atomic E-state index is 0.0697. The summed E-state index contributed by atoms with van der Waals surface area (Å²) in [5, 5.41) is 50.5. The fraction of sp³-hybridized carbons (Fsp3) is 0.667. The van der Waals surface area contributed by atoms with Crippen LogP contribution in [-0.2, 0) is 20.7 Å². The molecule has 6 N–H and O–H groups in total. The van der Waals surface area contributed by atoms with E-state index >= 15 is 0 Å². The molecule has 2 aromatic rings. The van der Waals surface area contributed by atoms with Crippen LogP contribution in [0.2, 0.25) is 0 Å². The molecule has 1 aromatic heterocycles. The molecule has 0 saturated carbocycles. The molecule has 262 valence electrons. The van der Waals surface area contributed by atoms with Gasteiger partial charge in [-0.2, -0.15) is 0 Å². The number of hydrogen-bond donors (Lipinski definition) is 6. The summed E-state index contributed by atoms with van der Waals surface area (Å²) in [5.74, 6) is 0.640. The molecular formula is C33H51N5O9. The molecule has 0 unspecified atom stereocenters. The van der Waals surface area contributed by atoms with Crippen LogP contribution >= 0.6 is 0 Å². The number of aryl methyl sites for hydroxylation is 1. The number of piperazine rings is 1. The van der Waals surface area contributed by atoms with Gasteiger partial charge in [0.1, 0.15) is 35.7 Å². The number of H-pyrrole nitrogens is 1. The lowest BCUT2D eigenvalue weighted by molar-refractivity contribution is -0.278. The molecule has 2 aliphatic heterocycles. The van der Waals surface area contributed by atoms with Crippen molar-refractivity contribution in [3.63, 3.8) is 0 Å². The first-order valence-electron chi connectivity index (χ1n) is 16.3. The molecule has 2 amide bonds. The number of likely N-dealkylation sites (N-methyl/N-ethyl adjacent to an activating group) is 1. The van der Waals surface area contributed by atoms with Gasteiger partial charge < -0.3 is 49.8 Å². The molecule has 14 nitrogen and oxygen atoms in total. The van der Waals surface area contributed by atoms with Crippen molar-refractivity contribution in [1.82, 2.24) is 25.3 Å². The highest BCUT2D eigenvalue weighted by molar-refractivity contribution is 5.90. The number of carbonyl (C=O) groups is 2. The van der Waals surface area contributed by atoms with Gasteiger partial charge in [-0.05, 0) is 63.4 Å². The van der Waals surface area contributed by atoms with E-state index in [0.29, 0.717) is 38.3 Å². The second kappa shape index (κ2) is 15.8. The van der Waals surface area contributed by atoms with Crippen LogP contribution in [0.5, 0.6) is 11.6 Å². The van der Waals surface area contributed by atoms with Gasteiger partial charge in [-0.15, -0.1) is 5.10 Å². The number of amides is 2. The summed E-state index contributed by atoms with van der Waals surface area (Å²) in [7, 11) is 2.03. The van der Waals surface area contributed by atoms with Crippen molar-refractivity contribution >= 4 is 11.8 Å². The lowest BCUT2D eigenvalue weighted by atomic mass is 9.96. The van der Waals surface area contributed by atoms with Crippen molar-refractivity contribution in [3.05, 3.63) is 40.6 Å². The monoisotopic (exact) mass is 661 g/mol. The van der Waals surface area contributed by atoms with Crippen LogP contribution < -0.4 is 14.8 Å². The zero-order valence-corrected chi connectivity index (χ0v) is 28.2. The van der Waals surface area contributed by atoms with Crippen LogP contribution in [0.15, 0.2) is 18.2 Å². The molecule has 3 heterocycles. The zero-order valence-electron chi connectivity index (χ0n) is 28.2. The molecule has 1 aromatic carbocycles. The highest BCUT2D eigenvalue weighted by Gasteiger charge is 2.45. The van der Waals surface area contributed by atoms with Crippen LogP contribution in [0, 0.1) is 6.92 Å². The van der Waals surface area contributed by atoms with E-state index in [1.165, 1.54) is 0 Å². The summed E-state index contributed by atoms with van der Waals surface area (Å²) in [6.07, 6.45) is -5.91. The number of nitrogens with zero attached hydrogens (tertiary/aromatic N) is 3. The Morgan fingerprint density at radius 1 is 1.13 bits per heavy atom. The molecule has 2 fully saturated rings. The normalized spacial score (nSPS) is 24.0. The minimum atomic E-state index is -1.56. The number of rotatable bonds is 13. The number of aliphatic hydroxyl groups is 4. The van der Waals surface area contributed by atoms with Crippen molar-refractivity contribution in [1.29, 1.82) is 0 Å². The summed E-state index contributed by atoms with van der Waals surface area (Å²) >= 11 is 0. The van der Waals surface area contributed by atoms with Gasteiger partial charge in [0, 0.05) is 50.3 Å². The molecule has 0 aliphatic carbocycles. The van der Waals surface area contributed by atoms with E-state index in [4.69, 9.17) is 14.2 Å². The Morgan fingerprint density at radius 3 is 2.47 bits per heavy atom. The van der Waals surface area contributed by atoms with Crippen LogP contribution in [0.3, 0.4) is 0 Å². The second-order valence-electron chi connectivity index (χ2n) is 13.4. The summed E-state index contributed by atoms with van der Waals surface area (Å²) in [6, 6.07) is 5.71. The van der Waals surface area contributed by atoms with Crippen LogP contribution in [0.4, 0.5) is 0 Å². The van der Waals surface area contributed by atoms with E-state index in [0.717, 1.165) is 35.5 Å². The predicted octanol–water partition coefficient (Wildman–Crippen LogP) is 0.439. The van der Waals surface area contributed by atoms with Gasteiger partial charge in [0.2, 0.25) is 24.0 Å². The van der Waals surface area contributed by atoms with Crippen molar-refractivity contribution in [2.45, 2.75) is 96.0 Å². The van der Waals surface area contributed by atoms with E-state index in [2.05, 4.69) is 20.4 Å². The minimum Gasteiger partial charge on any atom is -0.494 e. The first-order valence-corrected chi connectivity index (χ1v) is 16.3. The van der Waals surface area contributed by atoms with E-state index in [-0.39, 0.29) is 30.0 Å². The number of hydrogen-bond acceptors (Lipinski definition) is 11. The lowest BCUT2D eigenvalue weighted by Crippen LogP contribution is -2.60. The fourth-order valence-corrected chi connectivity index (χ4v) is 5.82. The van der Waals surface area contributed by atoms with Crippen LogP contribution in [0.1, 0.15) is 68.8 Å². The van der Waals surface area contributed by atoms with Crippen molar-refractivity contribution in [2.75, 3.05) is 46.4 Å². The summed E-state index contributed by atoms with van der Waals surface area (Å²) in [4.78, 5) is 29.6. The van der Waals surface area contributed by atoms with E-state index < -0.39 is 42.9 Å². The molecule has 14 heteroatoms. The highest BCUT2D eigenvalue weighted by atomic mass is 16.7. The Hall–Kier alpha value is -3.27. The SMILES string of the molecule is Cc1cc(OCCCC(=O)NC(C)(C)C(=O)N2CCN(C)CC2)ccc1Cc1c(O[C@@H]2O[C@H](CO)[C@@H](O)[C@H](O)[C@H]2O)n[nH]c1C(C)C. The maximum absolute atomic E-state index is 13.0. The molecule has 2 aliphatic rings. The quantitative estimate of drug-likeness (QED) is 0.163. The lowest BCUT2D eigenvalue weighted by Gasteiger charge is -2.39. The molecule has 0 spiro atoms. The summed E-state index contributed by atoms with van der Waals surface area (Å²) in [6.45, 7) is 12.2. The number of carbonyl (C=O) groups excluding carboxylic acids is 2. The third-order valence-electron chi connectivity index (χ3n) is 8.79. The van der Waals surface area contributed by atoms with Gasteiger partial charge in [0.15, 0.2) is 0 Å². The molecule has 47 heavy (non-hydrogen) atoms. The Morgan fingerprint density at radius 2 is 1.83 bits per heavy atom. The Bertz CT molecular complexity index is 1360. The third-order valence-corrected chi connectivity index (χ3v) is 8.79. The van der Waals surface area contributed by atoms with Gasteiger partial charge in [0.25, 0.3) is 0 Å². The number of ether oxygens (including phenoxy) is 3. The average molecular weight is 662 g/mol. The molecule has 0 bridgehead atoms. The number of nitrogens with one attached hydrogen (secondary N) is 2. The first kappa shape index (κ1) is 36.6. The molecule has 5 atom stereocenters. The summed E-state index contributed by atoms with van der Waals surface area (Å²) < 4.78 is 17.4. The molecule has 4 rings (SSSR count). The van der Waals surface area contributed by atoms with Crippen molar-refractivity contribution in [2.24, 2.45) is 0 Å². The third kappa shape index (κ3) is 9.00. The number of aliphatic hydroxyl groups excluding tert-OH is 4. The van der Waals surface area contributed by atoms with Crippen molar-refractivity contribution in [3.8, 4) is 11.6 Å². The Kier molecular flexibility index (Phi) is 12.3. The maximum Gasteiger partial charge on any atom is 0.247 e. The topological polar surface area (TPSA) is 190 Å². The average Bonchev–Trinajstić information content (AvgIpc) is 3.42. The maximum atomic E-state index is 13.0. The van der Waals surface area contributed by atoms with Gasteiger partial charge in [-0.1, -0.05) is 19.9 Å². The first-order chi connectivity index (χ1) is 22.2. The van der Waals surface area contributed by atoms with E-state index in [1.54, 1.807) is 18.7 Å². The zero-order chi connectivity index (χ0) is 34.5. The van der Waals surface area contributed by atoms with Gasteiger partial charge in [-0.3, -0.25) is 14.7 Å². The Balaban J connectivity index is 1.31. The summed E-state index contributed by atoms with van der Waals surface area (Å²) in [5.41, 5.74) is 2.53. The Labute approximate surface area is 276 Å². The molecular weight excluding hydrogens is 610 g/mol. The number of aromatic nitrogens is 2. The number of aromatic amines is 1. The molecule has 2 saturated heterocycles. The van der Waals surface area contributed by atoms with Crippen molar-refractivity contribution < 1.29 is 44.2 Å². The van der Waals surface area contributed by atoms with Gasteiger partial charge in [-0.25, -0.2) is 0 Å². The standard InChI is InChI=1S/C33H51N5O9/c1-19(2)26-23(30(36-35-26)47-31-29(43)28(42)27(41)24(18-39)46-31)17-21-9-10-22(16-20(21)3)45-15-7-8-25(40)34-33(4,5)32(44)38-13-11-37(6)12-14-38/h9-10,16,19,24,27-29,31,39,41-43H,7-8,11-15,17-18H2,1-6H3,(H,34,40)(H,35,36)/t24-,27-,28+,29-,31+/m1/s1. The number of benzene rings is 1. The highest BCUT2D eigenvalue weighted by Crippen LogP contribution is 2.32. The second-order valence-corrected chi connectivity index (χ2v) is 13.4. The molecule has 0 radical (unpaired) electrons. The van der Waals surface area contributed by atoms with E-state index in [1.807, 2.05) is 46.0 Å². The van der Waals surface area contributed by atoms with E-state index in [9.17, 15) is 30.0 Å². The van der Waals surface area contributed by atoms with Crippen LogP contribution in [0.25, 0.3) is 0 Å². The van der Waals surface area contributed by atoms with Gasteiger partial charge in [0.05, 0.1) is 13.2 Å². The largest absolute Gasteiger partial charge is 0.494 e. The fourth-order valence-electron chi connectivity index (χ4n) is 5.82. The van der Waals surface area contributed by atoms with Crippen LogP contribution in [-0.4, -0.2) is 135 Å². The predicted molar refractivity (Wildman–Crippen MR) is 172 cm³/mol. The van der Waals surface area contributed by atoms with Gasteiger partial charge >= 0.3 is 0 Å². The smallest absolute Gasteiger partial charge is 0.247 e.